The molecule has 0 bridgehead atoms. The van der Waals surface area contributed by atoms with Gasteiger partial charge in [-0.1, -0.05) is 11.6 Å². The zero-order valence-electron chi connectivity index (χ0n) is 10.2. The molecule has 2 N–H and O–H groups in total. The van der Waals surface area contributed by atoms with Crippen molar-refractivity contribution in [3.05, 3.63) is 28.8 Å². The van der Waals surface area contributed by atoms with Crippen LogP contribution in [0.5, 0.6) is 0 Å². The number of carbonyl (C=O) groups is 1. The van der Waals surface area contributed by atoms with E-state index in [1.165, 1.54) is 0 Å². The number of rotatable bonds is 5. The van der Waals surface area contributed by atoms with Crippen LogP contribution in [-0.4, -0.2) is 32.7 Å². The van der Waals surface area contributed by atoms with Gasteiger partial charge < -0.3 is 15.4 Å². The monoisotopic (exact) mass is 256 g/mol. The third-order valence-electron chi connectivity index (χ3n) is 2.45. The van der Waals surface area contributed by atoms with Crippen molar-refractivity contribution in [1.82, 2.24) is 5.32 Å². The highest BCUT2D eigenvalue weighted by atomic mass is 35.5. The van der Waals surface area contributed by atoms with E-state index in [1.54, 1.807) is 32.4 Å². The summed E-state index contributed by atoms with van der Waals surface area (Å²) < 4.78 is 5.06. The van der Waals surface area contributed by atoms with E-state index in [4.69, 9.17) is 16.3 Å². The van der Waals surface area contributed by atoms with Crippen molar-refractivity contribution in [3.63, 3.8) is 0 Å². The molecule has 4 nitrogen and oxygen atoms in total. The number of amides is 1. The first kappa shape index (κ1) is 13.8. The Morgan fingerprint density at radius 3 is 2.82 bits per heavy atom. The first-order chi connectivity index (χ1) is 8.08. The fraction of sp³-hybridized carbons (Fsp3) is 0.417. The molecule has 0 aliphatic heterocycles. The zero-order chi connectivity index (χ0) is 12.8. The summed E-state index contributed by atoms with van der Waals surface area (Å²) in [5.41, 5.74) is 1.28. The Morgan fingerprint density at radius 1 is 1.53 bits per heavy atom. The molecule has 0 fully saturated rings. The third kappa shape index (κ3) is 3.91. The molecule has 0 heterocycles. The Hall–Kier alpha value is -1.26. The second kappa shape index (κ2) is 6.47. The highest BCUT2D eigenvalue weighted by molar-refractivity contribution is 6.31. The molecule has 0 aliphatic rings. The van der Waals surface area contributed by atoms with Crippen LogP contribution >= 0.6 is 11.6 Å². The largest absolute Gasteiger partial charge is 0.387 e. The number of hydrogen-bond acceptors (Lipinski definition) is 3. The topological polar surface area (TPSA) is 50.4 Å². The highest BCUT2D eigenvalue weighted by Gasteiger charge is 2.12. The Morgan fingerprint density at radius 2 is 2.24 bits per heavy atom. The average Bonchev–Trinajstić information content (AvgIpc) is 2.35. The molecule has 0 saturated carbocycles. The number of benzene rings is 1. The summed E-state index contributed by atoms with van der Waals surface area (Å²) in [6.45, 7) is 2.35. The highest BCUT2D eigenvalue weighted by Crippen LogP contribution is 2.20. The van der Waals surface area contributed by atoms with Gasteiger partial charge in [0, 0.05) is 31.4 Å². The lowest BCUT2D eigenvalue weighted by Crippen LogP contribution is -2.31. The predicted molar refractivity (Wildman–Crippen MR) is 69.8 cm³/mol. The van der Waals surface area contributed by atoms with Gasteiger partial charge >= 0.3 is 0 Å². The number of anilines is 1. The Balaban J connectivity index is 2.77. The Labute approximate surface area is 106 Å². The minimum absolute atomic E-state index is 0.0174. The SMILES string of the molecule is CNc1ccc(Cl)cc1C(=O)NCC(C)OC. The number of hydrogen-bond donors (Lipinski definition) is 2. The molecule has 1 atom stereocenters. The lowest BCUT2D eigenvalue weighted by molar-refractivity contribution is 0.0871. The molecule has 94 valence electrons. The summed E-state index contributed by atoms with van der Waals surface area (Å²) in [4.78, 5) is 11.9. The Kier molecular flexibility index (Phi) is 5.25. The maximum Gasteiger partial charge on any atom is 0.253 e. The third-order valence-corrected chi connectivity index (χ3v) is 2.68. The normalized spacial score (nSPS) is 12.0. The molecule has 0 aliphatic carbocycles. The van der Waals surface area contributed by atoms with Gasteiger partial charge in [0.2, 0.25) is 0 Å². The lowest BCUT2D eigenvalue weighted by Gasteiger charge is -2.13. The van der Waals surface area contributed by atoms with E-state index in [1.807, 2.05) is 6.92 Å². The second-order valence-electron chi connectivity index (χ2n) is 3.70. The van der Waals surface area contributed by atoms with Crippen molar-refractivity contribution < 1.29 is 9.53 Å². The number of halogens is 1. The fourth-order valence-electron chi connectivity index (χ4n) is 1.34. The van der Waals surface area contributed by atoms with E-state index in [0.717, 1.165) is 5.69 Å². The Bertz CT molecular complexity index is 396. The molecule has 1 aromatic rings. The molecule has 1 rings (SSSR count). The summed E-state index contributed by atoms with van der Waals surface area (Å²) in [5, 5.41) is 6.28. The van der Waals surface area contributed by atoms with Crippen LogP contribution in [0.25, 0.3) is 0 Å². The lowest BCUT2D eigenvalue weighted by atomic mass is 10.1. The van der Waals surface area contributed by atoms with E-state index in [9.17, 15) is 4.79 Å². The summed E-state index contributed by atoms with van der Waals surface area (Å²) in [6, 6.07) is 5.15. The van der Waals surface area contributed by atoms with Crippen LogP contribution in [0.3, 0.4) is 0 Å². The minimum Gasteiger partial charge on any atom is -0.387 e. The van der Waals surface area contributed by atoms with E-state index in [2.05, 4.69) is 10.6 Å². The smallest absolute Gasteiger partial charge is 0.253 e. The summed E-state index contributed by atoms with van der Waals surface area (Å²) in [7, 11) is 3.37. The van der Waals surface area contributed by atoms with Gasteiger partial charge in [-0.15, -0.1) is 0 Å². The molecule has 1 aromatic carbocycles. The predicted octanol–water partition coefficient (Wildman–Crippen LogP) is 2.15. The van der Waals surface area contributed by atoms with Crippen LogP contribution < -0.4 is 10.6 Å². The maximum absolute atomic E-state index is 11.9. The van der Waals surface area contributed by atoms with Gasteiger partial charge in [-0.05, 0) is 25.1 Å². The van der Waals surface area contributed by atoms with Crippen LogP contribution in [0.1, 0.15) is 17.3 Å². The van der Waals surface area contributed by atoms with Gasteiger partial charge in [-0.25, -0.2) is 0 Å². The molecule has 0 radical (unpaired) electrons. The van der Waals surface area contributed by atoms with Crippen LogP contribution in [0, 0.1) is 0 Å². The van der Waals surface area contributed by atoms with Gasteiger partial charge in [0.25, 0.3) is 5.91 Å². The molecular formula is C12H17ClN2O2. The van der Waals surface area contributed by atoms with E-state index in [-0.39, 0.29) is 12.0 Å². The second-order valence-corrected chi connectivity index (χ2v) is 4.13. The standard InChI is InChI=1S/C12H17ClN2O2/c1-8(17-3)7-15-12(16)10-6-9(13)4-5-11(10)14-2/h4-6,8,14H,7H2,1-3H3,(H,15,16). The quantitative estimate of drug-likeness (QED) is 0.849. The van der Waals surface area contributed by atoms with Crippen LogP contribution in [0.2, 0.25) is 5.02 Å². The molecule has 1 amide bonds. The van der Waals surface area contributed by atoms with Crippen molar-refractivity contribution in [2.45, 2.75) is 13.0 Å². The maximum atomic E-state index is 11.9. The number of carbonyl (C=O) groups excluding carboxylic acids is 1. The van der Waals surface area contributed by atoms with Gasteiger partial charge in [-0.3, -0.25) is 4.79 Å². The summed E-state index contributed by atoms with van der Waals surface area (Å²) >= 11 is 5.88. The molecule has 0 spiro atoms. The van der Waals surface area contributed by atoms with E-state index >= 15 is 0 Å². The first-order valence-corrected chi connectivity index (χ1v) is 5.74. The summed E-state index contributed by atoms with van der Waals surface area (Å²) in [5.74, 6) is -0.166. The number of methoxy groups -OCH3 is 1. The van der Waals surface area contributed by atoms with Gasteiger partial charge in [0.15, 0.2) is 0 Å². The fourth-order valence-corrected chi connectivity index (χ4v) is 1.51. The van der Waals surface area contributed by atoms with E-state index < -0.39 is 0 Å². The molecule has 17 heavy (non-hydrogen) atoms. The van der Waals surface area contributed by atoms with Crippen LogP contribution in [0.4, 0.5) is 5.69 Å². The van der Waals surface area contributed by atoms with Crippen LogP contribution in [-0.2, 0) is 4.74 Å². The van der Waals surface area contributed by atoms with Crippen molar-refractivity contribution in [3.8, 4) is 0 Å². The van der Waals surface area contributed by atoms with E-state index in [0.29, 0.717) is 17.1 Å². The van der Waals surface area contributed by atoms with Gasteiger partial charge in [0.1, 0.15) is 0 Å². The van der Waals surface area contributed by atoms with Crippen LogP contribution in [0.15, 0.2) is 18.2 Å². The van der Waals surface area contributed by atoms with Gasteiger partial charge in [0.05, 0.1) is 11.7 Å². The zero-order valence-corrected chi connectivity index (χ0v) is 11.0. The first-order valence-electron chi connectivity index (χ1n) is 5.36. The molecule has 0 saturated heterocycles. The molecular weight excluding hydrogens is 240 g/mol. The van der Waals surface area contributed by atoms with Crippen molar-refractivity contribution in [1.29, 1.82) is 0 Å². The van der Waals surface area contributed by atoms with Gasteiger partial charge in [-0.2, -0.15) is 0 Å². The number of nitrogens with one attached hydrogen (secondary N) is 2. The minimum atomic E-state index is -0.166. The van der Waals surface area contributed by atoms with Crippen molar-refractivity contribution in [2.75, 3.05) is 26.0 Å². The number of ether oxygens (including phenoxy) is 1. The van der Waals surface area contributed by atoms with Crippen molar-refractivity contribution >= 4 is 23.2 Å². The average molecular weight is 257 g/mol. The van der Waals surface area contributed by atoms with Crippen molar-refractivity contribution in [2.24, 2.45) is 0 Å². The summed E-state index contributed by atoms with van der Waals surface area (Å²) in [6.07, 6.45) is -0.0174. The molecule has 5 heteroatoms. The molecule has 1 unspecified atom stereocenters. The molecule has 0 aromatic heterocycles.